The van der Waals surface area contributed by atoms with Gasteiger partial charge in [-0.1, -0.05) is 12.1 Å². The average molecular weight is 276 g/mol. The fourth-order valence-corrected chi connectivity index (χ4v) is 2.09. The molecule has 0 aliphatic carbocycles. The lowest BCUT2D eigenvalue weighted by Crippen LogP contribution is -2.41. The molecule has 1 aliphatic heterocycles. The van der Waals surface area contributed by atoms with Crippen molar-refractivity contribution in [3.8, 4) is 0 Å². The molecule has 0 aromatic heterocycles. The van der Waals surface area contributed by atoms with Crippen molar-refractivity contribution in [2.75, 3.05) is 26.9 Å². The van der Waals surface area contributed by atoms with Gasteiger partial charge in [0, 0.05) is 0 Å². The van der Waals surface area contributed by atoms with Crippen LogP contribution in [0.15, 0.2) is 24.3 Å². The summed E-state index contributed by atoms with van der Waals surface area (Å²) in [7, 11) is 1.65. The van der Waals surface area contributed by atoms with Crippen molar-refractivity contribution in [3.63, 3.8) is 0 Å². The van der Waals surface area contributed by atoms with E-state index in [1.807, 2.05) is 0 Å². The van der Waals surface area contributed by atoms with Crippen molar-refractivity contribution in [1.29, 1.82) is 0 Å². The molecule has 1 aliphatic rings. The van der Waals surface area contributed by atoms with Crippen molar-refractivity contribution in [2.45, 2.75) is 6.92 Å². The molecule has 2 amide bonds. The first-order valence-corrected chi connectivity index (χ1v) is 6.34. The number of benzene rings is 1. The predicted molar refractivity (Wildman–Crippen MR) is 71.1 cm³/mol. The molecule has 0 fully saturated rings. The van der Waals surface area contributed by atoms with Crippen LogP contribution < -0.4 is 0 Å². The Morgan fingerprint density at radius 3 is 2.25 bits per heavy atom. The van der Waals surface area contributed by atoms with Gasteiger partial charge in [-0.25, -0.2) is 0 Å². The molecule has 1 aromatic carbocycles. The van der Waals surface area contributed by atoms with Gasteiger partial charge in [0.2, 0.25) is 0 Å². The number of likely N-dealkylation sites (N-methyl/N-ethyl adjacent to an activating group) is 1. The maximum Gasteiger partial charge on any atom is 0.320 e. The van der Waals surface area contributed by atoms with Crippen molar-refractivity contribution in [2.24, 2.45) is 0 Å². The third-order valence-corrected chi connectivity index (χ3v) is 2.97. The zero-order valence-corrected chi connectivity index (χ0v) is 11.5. The zero-order chi connectivity index (χ0) is 14.7. The van der Waals surface area contributed by atoms with Gasteiger partial charge in [0.25, 0.3) is 11.8 Å². The predicted octanol–water partition coefficient (Wildman–Crippen LogP) is 0.735. The number of carbonyl (C=O) groups excluding carboxylic acids is 3. The first kappa shape index (κ1) is 14.2. The molecule has 106 valence electrons. The standard InChI is InChI=1S/C14H16N2O4/c1-3-20-12(17)8-15(2)9-16-13(18)10-6-4-5-7-11(10)14(16)19/h4-7H,3,8-9H2,1-2H3. The monoisotopic (exact) mass is 276 g/mol. The van der Waals surface area contributed by atoms with Gasteiger partial charge in [-0.15, -0.1) is 0 Å². The normalized spacial score (nSPS) is 13.8. The molecular formula is C14H16N2O4. The van der Waals surface area contributed by atoms with Crippen LogP contribution in [0.1, 0.15) is 27.6 Å². The van der Waals surface area contributed by atoms with E-state index in [1.54, 1.807) is 43.1 Å². The van der Waals surface area contributed by atoms with E-state index in [1.165, 1.54) is 0 Å². The van der Waals surface area contributed by atoms with Crippen LogP contribution in [-0.4, -0.2) is 54.5 Å². The van der Waals surface area contributed by atoms with Crippen LogP contribution in [0, 0.1) is 0 Å². The number of imide groups is 1. The highest BCUT2D eigenvalue weighted by atomic mass is 16.5. The van der Waals surface area contributed by atoms with Gasteiger partial charge in [-0.3, -0.25) is 24.2 Å². The summed E-state index contributed by atoms with van der Waals surface area (Å²) in [5, 5.41) is 0. The van der Waals surface area contributed by atoms with E-state index in [4.69, 9.17) is 4.74 Å². The second kappa shape index (κ2) is 5.83. The SMILES string of the molecule is CCOC(=O)CN(C)CN1C(=O)c2ccccc2C1=O. The Hall–Kier alpha value is -2.21. The van der Waals surface area contributed by atoms with E-state index in [-0.39, 0.29) is 31.0 Å². The largest absolute Gasteiger partial charge is 0.465 e. The lowest BCUT2D eigenvalue weighted by atomic mass is 10.1. The summed E-state index contributed by atoms with van der Waals surface area (Å²) in [4.78, 5) is 38.3. The number of hydrogen-bond donors (Lipinski definition) is 0. The summed E-state index contributed by atoms with van der Waals surface area (Å²) in [6, 6.07) is 6.69. The van der Waals surface area contributed by atoms with Crippen LogP contribution in [0.25, 0.3) is 0 Å². The molecule has 1 aromatic rings. The maximum absolute atomic E-state index is 12.1. The van der Waals surface area contributed by atoms with Crippen LogP contribution in [0.4, 0.5) is 0 Å². The van der Waals surface area contributed by atoms with E-state index in [2.05, 4.69) is 0 Å². The Morgan fingerprint density at radius 1 is 1.20 bits per heavy atom. The number of rotatable bonds is 5. The van der Waals surface area contributed by atoms with Crippen molar-refractivity contribution >= 4 is 17.8 Å². The highest BCUT2D eigenvalue weighted by molar-refractivity contribution is 6.21. The first-order valence-electron chi connectivity index (χ1n) is 6.34. The molecule has 0 bridgehead atoms. The van der Waals surface area contributed by atoms with E-state index < -0.39 is 0 Å². The summed E-state index contributed by atoms with van der Waals surface area (Å²) in [5.41, 5.74) is 0.809. The molecule has 1 heterocycles. The molecule has 0 N–H and O–H groups in total. The number of fused-ring (bicyclic) bond motifs is 1. The fraction of sp³-hybridized carbons (Fsp3) is 0.357. The lowest BCUT2D eigenvalue weighted by Gasteiger charge is -2.21. The summed E-state index contributed by atoms with van der Waals surface area (Å²) >= 11 is 0. The average Bonchev–Trinajstić information content (AvgIpc) is 2.65. The Bertz CT molecular complexity index is 521. The van der Waals surface area contributed by atoms with Crippen molar-refractivity contribution < 1.29 is 19.1 Å². The molecule has 0 unspecified atom stereocenters. The van der Waals surface area contributed by atoms with Crippen LogP contribution in [-0.2, 0) is 9.53 Å². The molecule has 0 saturated carbocycles. The molecule has 0 radical (unpaired) electrons. The number of nitrogens with zero attached hydrogens (tertiary/aromatic N) is 2. The first-order chi connectivity index (χ1) is 9.54. The Labute approximate surface area is 116 Å². The molecule has 0 spiro atoms. The zero-order valence-electron chi connectivity index (χ0n) is 11.5. The Balaban J connectivity index is 2.03. The lowest BCUT2D eigenvalue weighted by molar-refractivity contribution is -0.144. The van der Waals surface area contributed by atoms with E-state index in [0.29, 0.717) is 17.7 Å². The van der Waals surface area contributed by atoms with Crippen LogP contribution >= 0.6 is 0 Å². The Kier molecular flexibility index (Phi) is 4.14. The highest BCUT2D eigenvalue weighted by Gasteiger charge is 2.35. The smallest absolute Gasteiger partial charge is 0.320 e. The maximum atomic E-state index is 12.1. The van der Waals surface area contributed by atoms with E-state index >= 15 is 0 Å². The summed E-state index contributed by atoms with van der Waals surface area (Å²) in [6.07, 6.45) is 0. The number of esters is 1. The summed E-state index contributed by atoms with van der Waals surface area (Å²) < 4.78 is 4.82. The molecule has 0 atom stereocenters. The second-order valence-corrected chi connectivity index (χ2v) is 4.54. The third-order valence-electron chi connectivity index (χ3n) is 2.97. The molecule has 2 rings (SSSR count). The van der Waals surface area contributed by atoms with Gasteiger partial charge >= 0.3 is 5.97 Å². The summed E-state index contributed by atoms with van der Waals surface area (Å²) in [5.74, 6) is -1.05. The summed E-state index contributed by atoms with van der Waals surface area (Å²) in [6.45, 7) is 2.12. The highest BCUT2D eigenvalue weighted by Crippen LogP contribution is 2.22. The quantitative estimate of drug-likeness (QED) is 0.586. The second-order valence-electron chi connectivity index (χ2n) is 4.54. The van der Waals surface area contributed by atoms with Gasteiger partial charge in [0.1, 0.15) is 0 Å². The molecule has 20 heavy (non-hydrogen) atoms. The Morgan fingerprint density at radius 2 is 1.75 bits per heavy atom. The number of carbonyl (C=O) groups is 3. The number of amides is 2. The fourth-order valence-electron chi connectivity index (χ4n) is 2.09. The minimum Gasteiger partial charge on any atom is -0.465 e. The van der Waals surface area contributed by atoms with Crippen LogP contribution in [0.5, 0.6) is 0 Å². The third kappa shape index (κ3) is 2.70. The van der Waals surface area contributed by atoms with E-state index in [9.17, 15) is 14.4 Å². The van der Waals surface area contributed by atoms with Gasteiger partial charge in [0.05, 0.1) is 30.9 Å². The minimum atomic E-state index is -0.383. The molecule has 6 nitrogen and oxygen atoms in total. The number of ether oxygens (including phenoxy) is 1. The topological polar surface area (TPSA) is 66.9 Å². The van der Waals surface area contributed by atoms with Gasteiger partial charge in [-0.2, -0.15) is 0 Å². The molecule has 0 saturated heterocycles. The van der Waals surface area contributed by atoms with Crippen LogP contribution in [0.2, 0.25) is 0 Å². The van der Waals surface area contributed by atoms with Gasteiger partial charge < -0.3 is 4.74 Å². The van der Waals surface area contributed by atoms with Crippen molar-refractivity contribution in [3.05, 3.63) is 35.4 Å². The van der Waals surface area contributed by atoms with Crippen molar-refractivity contribution in [1.82, 2.24) is 9.80 Å². The minimum absolute atomic E-state index is 0.0290. The molecule has 6 heteroatoms. The van der Waals surface area contributed by atoms with Gasteiger partial charge in [-0.05, 0) is 26.1 Å². The molecular weight excluding hydrogens is 260 g/mol. The van der Waals surface area contributed by atoms with E-state index in [0.717, 1.165) is 4.90 Å². The van der Waals surface area contributed by atoms with Crippen LogP contribution in [0.3, 0.4) is 0 Å². The number of hydrogen-bond acceptors (Lipinski definition) is 5. The van der Waals surface area contributed by atoms with Gasteiger partial charge in [0.15, 0.2) is 0 Å².